The molecule has 2 aliphatic carbocycles. The molecule has 0 saturated heterocycles. The highest BCUT2D eigenvalue weighted by Gasteiger charge is 2.30. The molecule has 1 N–H and O–H groups in total. The summed E-state index contributed by atoms with van der Waals surface area (Å²) in [6.45, 7) is 4.02. The van der Waals surface area contributed by atoms with Gasteiger partial charge >= 0.3 is 0 Å². The second-order valence-electron chi connectivity index (χ2n) is 6.67. The smallest absolute Gasteiger partial charge is 0.287 e. The Labute approximate surface area is 140 Å². The Hall–Kier alpha value is -1.62. The average Bonchev–Trinajstić information content (AvgIpc) is 3.07. The third kappa shape index (κ3) is 2.61. The summed E-state index contributed by atoms with van der Waals surface area (Å²) < 4.78 is 5.96. The number of thiazole rings is 1. The Balaban J connectivity index is 1.64. The number of amides is 1. The summed E-state index contributed by atoms with van der Waals surface area (Å²) in [6, 6.07) is 0.301. The molecule has 1 amide bonds. The van der Waals surface area contributed by atoms with Crippen molar-refractivity contribution in [2.24, 2.45) is 0 Å². The minimum Gasteiger partial charge on any atom is -0.455 e. The maximum absolute atomic E-state index is 12.6. The standard InChI is InChI=1S/C18H22N2O2S/c1-10-15-13(8-9-14-16(15)19-11(2)23-14)22-17(10)18(21)20-12-6-4-3-5-7-12/h12H,3-9H2,1-2H3,(H,20,21). The summed E-state index contributed by atoms with van der Waals surface area (Å²) in [7, 11) is 0. The van der Waals surface area contributed by atoms with E-state index in [1.807, 2.05) is 13.8 Å². The van der Waals surface area contributed by atoms with Crippen LogP contribution in [0.25, 0.3) is 11.3 Å². The fourth-order valence-electron chi connectivity index (χ4n) is 3.83. The first-order chi connectivity index (χ1) is 11.1. The number of nitrogens with zero attached hydrogens (tertiary/aromatic N) is 1. The van der Waals surface area contributed by atoms with E-state index in [1.54, 1.807) is 11.3 Å². The van der Waals surface area contributed by atoms with Gasteiger partial charge in [-0.05, 0) is 33.1 Å². The van der Waals surface area contributed by atoms with E-state index in [-0.39, 0.29) is 5.91 Å². The van der Waals surface area contributed by atoms with E-state index in [9.17, 15) is 4.79 Å². The second kappa shape index (κ2) is 5.78. The summed E-state index contributed by atoms with van der Waals surface area (Å²) in [5.41, 5.74) is 3.04. The lowest BCUT2D eigenvalue weighted by atomic mass is 9.95. The fourth-order valence-corrected chi connectivity index (χ4v) is 4.78. The van der Waals surface area contributed by atoms with Crippen LogP contribution in [0.2, 0.25) is 0 Å². The van der Waals surface area contributed by atoms with Crippen LogP contribution in [-0.2, 0) is 12.8 Å². The Morgan fingerprint density at radius 1 is 1.22 bits per heavy atom. The van der Waals surface area contributed by atoms with Crippen LogP contribution in [0.3, 0.4) is 0 Å². The summed E-state index contributed by atoms with van der Waals surface area (Å²) in [5.74, 6) is 1.35. The molecule has 0 radical (unpaired) electrons. The third-order valence-corrected chi connectivity index (χ3v) is 6.02. The van der Waals surface area contributed by atoms with E-state index in [1.165, 1.54) is 24.1 Å². The molecule has 1 fully saturated rings. The predicted molar refractivity (Wildman–Crippen MR) is 91.0 cm³/mol. The van der Waals surface area contributed by atoms with Crippen molar-refractivity contribution in [2.45, 2.75) is 64.8 Å². The molecular formula is C18H22N2O2S. The number of carbonyl (C=O) groups excluding carboxylic acids is 1. The predicted octanol–water partition coefficient (Wildman–Crippen LogP) is 4.18. The lowest BCUT2D eigenvalue weighted by molar-refractivity contribution is 0.0897. The van der Waals surface area contributed by atoms with Crippen molar-refractivity contribution in [1.82, 2.24) is 10.3 Å². The zero-order valence-corrected chi connectivity index (χ0v) is 14.5. The Kier molecular flexibility index (Phi) is 3.76. The van der Waals surface area contributed by atoms with Crippen molar-refractivity contribution in [1.29, 1.82) is 0 Å². The molecule has 0 bridgehead atoms. The van der Waals surface area contributed by atoms with E-state index < -0.39 is 0 Å². The van der Waals surface area contributed by atoms with Crippen LogP contribution < -0.4 is 5.32 Å². The van der Waals surface area contributed by atoms with E-state index >= 15 is 0 Å². The number of hydrogen-bond acceptors (Lipinski definition) is 4. The molecule has 2 aliphatic rings. The van der Waals surface area contributed by atoms with E-state index in [0.717, 1.165) is 53.3 Å². The van der Waals surface area contributed by atoms with E-state index in [2.05, 4.69) is 10.3 Å². The highest BCUT2D eigenvalue weighted by molar-refractivity contribution is 7.12. The number of aryl methyl sites for hydroxylation is 3. The summed E-state index contributed by atoms with van der Waals surface area (Å²) in [4.78, 5) is 18.6. The van der Waals surface area contributed by atoms with Crippen molar-refractivity contribution in [3.05, 3.63) is 27.0 Å². The first kappa shape index (κ1) is 14.9. The molecule has 1 saturated carbocycles. The monoisotopic (exact) mass is 330 g/mol. The van der Waals surface area contributed by atoms with Gasteiger partial charge < -0.3 is 9.73 Å². The fraction of sp³-hybridized carbons (Fsp3) is 0.556. The lowest BCUT2D eigenvalue weighted by Crippen LogP contribution is -2.36. The normalized spacial score (nSPS) is 17.7. The molecule has 122 valence electrons. The maximum atomic E-state index is 12.6. The number of furan rings is 1. The number of carbonyl (C=O) groups is 1. The van der Waals surface area contributed by atoms with Crippen molar-refractivity contribution in [2.75, 3.05) is 0 Å². The van der Waals surface area contributed by atoms with E-state index in [0.29, 0.717) is 11.8 Å². The maximum Gasteiger partial charge on any atom is 0.287 e. The minimum atomic E-state index is -0.0581. The van der Waals surface area contributed by atoms with Gasteiger partial charge in [-0.3, -0.25) is 4.79 Å². The van der Waals surface area contributed by atoms with Gasteiger partial charge in [-0.2, -0.15) is 0 Å². The largest absolute Gasteiger partial charge is 0.455 e. The zero-order chi connectivity index (χ0) is 16.0. The van der Waals surface area contributed by atoms with Gasteiger partial charge in [0.15, 0.2) is 5.76 Å². The Morgan fingerprint density at radius 2 is 2.00 bits per heavy atom. The molecule has 2 heterocycles. The zero-order valence-electron chi connectivity index (χ0n) is 13.7. The number of nitrogens with one attached hydrogen (secondary N) is 1. The summed E-state index contributed by atoms with van der Waals surface area (Å²) in [5, 5.41) is 4.24. The van der Waals surface area contributed by atoms with Crippen LogP contribution in [-0.4, -0.2) is 16.9 Å². The molecule has 4 rings (SSSR count). The van der Waals surface area contributed by atoms with Crippen LogP contribution in [0.5, 0.6) is 0 Å². The van der Waals surface area contributed by atoms with Crippen LogP contribution in [0.1, 0.15) is 63.9 Å². The molecule has 0 unspecified atom stereocenters. The topological polar surface area (TPSA) is 55.1 Å². The molecule has 5 heteroatoms. The second-order valence-corrected chi connectivity index (χ2v) is 7.96. The first-order valence-corrected chi connectivity index (χ1v) is 9.35. The molecule has 0 spiro atoms. The number of aromatic nitrogens is 1. The van der Waals surface area contributed by atoms with Gasteiger partial charge in [-0.25, -0.2) is 4.98 Å². The third-order valence-electron chi connectivity index (χ3n) is 4.99. The highest BCUT2D eigenvalue weighted by atomic mass is 32.1. The van der Waals surface area contributed by atoms with Gasteiger partial charge in [-0.1, -0.05) is 19.3 Å². The van der Waals surface area contributed by atoms with Crippen molar-refractivity contribution < 1.29 is 9.21 Å². The number of fused-ring (bicyclic) bond motifs is 3. The van der Waals surface area contributed by atoms with Gasteiger partial charge in [0.1, 0.15) is 5.76 Å². The van der Waals surface area contributed by atoms with E-state index in [4.69, 9.17) is 4.42 Å². The van der Waals surface area contributed by atoms with Crippen LogP contribution in [0, 0.1) is 13.8 Å². The Bertz CT molecular complexity index is 753. The van der Waals surface area contributed by atoms with Gasteiger partial charge in [0.05, 0.1) is 10.7 Å². The number of hydrogen-bond donors (Lipinski definition) is 1. The number of rotatable bonds is 2. The average molecular weight is 330 g/mol. The summed E-state index contributed by atoms with van der Waals surface area (Å²) in [6.07, 6.45) is 7.69. The van der Waals surface area contributed by atoms with Crippen molar-refractivity contribution >= 4 is 17.2 Å². The molecule has 0 aliphatic heterocycles. The molecule has 4 nitrogen and oxygen atoms in total. The van der Waals surface area contributed by atoms with Crippen molar-refractivity contribution in [3.63, 3.8) is 0 Å². The van der Waals surface area contributed by atoms with Gasteiger partial charge in [0.25, 0.3) is 5.91 Å². The highest BCUT2D eigenvalue weighted by Crippen LogP contribution is 2.40. The molecule has 0 aromatic carbocycles. The van der Waals surface area contributed by atoms with Gasteiger partial charge in [-0.15, -0.1) is 11.3 Å². The SMILES string of the molecule is Cc1nc2c(s1)CCc1oc(C(=O)NC3CCCCC3)c(C)c1-2. The van der Waals surface area contributed by atoms with Gasteiger partial charge in [0.2, 0.25) is 0 Å². The quantitative estimate of drug-likeness (QED) is 0.898. The molecule has 0 atom stereocenters. The van der Waals surface area contributed by atoms with Crippen LogP contribution in [0.4, 0.5) is 0 Å². The molecular weight excluding hydrogens is 308 g/mol. The first-order valence-electron chi connectivity index (χ1n) is 8.53. The van der Waals surface area contributed by atoms with Gasteiger partial charge in [0, 0.05) is 28.5 Å². The molecule has 2 aromatic heterocycles. The lowest BCUT2D eigenvalue weighted by Gasteiger charge is -2.22. The summed E-state index contributed by atoms with van der Waals surface area (Å²) >= 11 is 1.76. The van der Waals surface area contributed by atoms with Crippen LogP contribution >= 0.6 is 11.3 Å². The van der Waals surface area contributed by atoms with Crippen molar-refractivity contribution in [3.8, 4) is 11.3 Å². The molecule has 2 aromatic rings. The Morgan fingerprint density at radius 3 is 2.78 bits per heavy atom. The minimum absolute atomic E-state index is 0.0581. The molecule has 23 heavy (non-hydrogen) atoms. The van der Waals surface area contributed by atoms with Crippen LogP contribution in [0.15, 0.2) is 4.42 Å².